The third kappa shape index (κ3) is 2.86. The molecule has 0 radical (unpaired) electrons. The molecule has 1 saturated carbocycles. The molecule has 4 rings (SSSR count). The van der Waals surface area contributed by atoms with Crippen LogP contribution in [0.4, 0.5) is 10.5 Å². The van der Waals surface area contributed by atoms with Crippen LogP contribution in [0.2, 0.25) is 0 Å². The summed E-state index contributed by atoms with van der Waals surface area (Å²) < 4.78 is 6.94. The fourth-order valence-electron chi connectivity index (χ4n) is 3.09. The van der Waals surface area contributed by atoms with Gasteiger partial charge in [-0.15, -0.1) is 5.10 Å². The molecule has 1 aromatic heterocycles. The molecule has 2 aliphatic rings. The van der Waals surface area contributed by atoms with Crippen molar-refractivity contribution in [3.8, 4) is 0 Å². The second-order valence-corrected chi connectivity index (χ2v) is 6.42. The summed E-state index contributed by atoms with van der Waals surface area (Å²) in [4.78, 5) is 17.5. The van der Waals surface area contributed by atoms with E-state index >= 15 is 0 Å². The number of amides is 1. The van der Waals surface area contributed by atoms with Gasteiger partial charge < -0.3 is 14.8 Å². The van der Waals surface area contributed by atoms with E-state index in [4.69, 9.17) is 16.5 Å². The summed E-state index contributed by atoms with van der Waals surface area (Å²) in [5, 5.41) is 19.1. The topological polar surface area (TPSA) is 97.2 Å². The Morgan fingerprint density at radius 3 is 2.85 bits per heavy atom. The van der Waals surface area contributed by atoms with Gasteiger partial charge >= 0.3 is 6.09 Å². The molecule has 1 N–H and O–H groups in total. The van der Waals surface area contributed by atoms with Crippen LogP contribution in [0.15, 0.2) is 35.6 Å². The van der Waals surface area contributed by atoms with Crippen molar-refractivity contribution in [2.45, 2.75) is 31.0 Å². The first-order valence-corrected chi connectivity index (χ1v) is 8.18. The van der Waals surface area contributed by atoms with Crippen LogP contribution in [0, 0.1) is 6.57 Å². The summed E-state index contributed by atoms with van der Waals surface area (Å²) >= 11 is 0. The van der Waals surface area contributed by atoms with Gasteiger partial charge in [-0.25, -0.2) is 16.0 Å². The lowest BCUT2D eigenvalue weighted by Crippen LogP contribution is -2.26. The van der Waals surface area contributed by atoms with Crippen LogP contribution in [-0.4, -0.2) is 45.2 Å². The molecular formula is C17H16N6O3. The number of anilines is 1. The lowest BCUT2D eigenvalue weighted by Gasteiger charge is -2.13. The molecule has 9 nitrogen and oxygen atoms in total. The summed E-state index contributed by atoms with van der Waals surface area (Å²) in [5.74, 6) is 0. The Kier molecular flexibility index (Phi) is 3.80. The first kappa shape index (κ1) is 16.1. The van der Waals surface area contributed by atoms with Gasteiger partial charge in [0.15, 0.2) is 0 Å². The Labute approximate surface area is 149 Å². The monoisotopic (exact) mass is 352 g/mol. The fraction of sp³-hybridized carbons (Fsp3) is 0.353. The summed E-state index contributed by atoms with van der Waals surface area (Å²) in [6.07, 6.45) is 3.79. The zero-order chi connectivity index (χ0) is 18.1. The second kappa shape index (κ2) is 6.15. The van der Waals surface area contributed by atoms with Gasteiger partial charge in [0, 0.05) is 24.1 Å². The minimum atomic E-state index is -0.411. The Morgan fingerprint density at radius 2 is 2.19 bits per heavy atom. The molecule has 1 atom stereocenters. The molecule has 9 heteroatoms. The number of hydrogen-bond donors (Lipinski definition) is 1. The maximum absolute atomic E-state index is 12.2. The minimum Gasteiger partial charge on any atom is -0.442 e. The SMILES string of the molecule is [C-]#[N+]C1(c2ccc(N3C[C@H](Cn4cc(C=NO)nn4)OC3=O)cc2)CC1. The molecule has 2 fully saturated rings. The molecule has 26 heavy (non-hydrogen) atoms. The number of aromatic nitrogens is 3. The zero-order valence-corrected chi connectivity index (χ0v) is 13.8. The van der Waals surface area contributed by atoms with Crippen LogP contribution >= 0.6 is 0 Å². The predicted molar refractivity (Wildman–Crippen MR) is 91.0 cm³/mol. The van der Waals surface area contributed by atoms with Crippen LogP contribution in [0.1, 0.15) is 24.1 Å². The third-order valence-electron chi connectivity index (χ3n) is 4.67. The number of nitrogens with zero attached hydrogens (tertiary/aromatic N) is 6. The zero-order valence-electron chi connectivity index (χ0n) is 13.8. The van der Waals surface area contributed by atoms with Crippen LogP contribution in [-0.2, 0) is 16.8 Å². The number of ether oxygens (including phenoxy) is 1. The van der Waals surface area contributed by atoms with E-state index in [0.29, 0.717) is 18.8 Å². The molecule has 0 unspecified atom stereocenters. The van der Waals surface area contributed by atoms with Gasteiger partial charge in [-0.05, 0) is 24.3 Å². The van der Waals surface area contributed by atoms with Crippen molar-refractivity contribution in [1.29, 1.82) is 0 Å². The summed E-state index contributed by atoms with van der Waals surface area (Å²) in [6, 6.07) is 7.54. The van der Waals surface area contributed by atoms with E-state index < -0.39 is 6.09 Å². The third-order valence-corrected chi connectivity index (χ3v) is 4.67. The maximum atomic E-state index is 12.2. The number of oxime groups is 1. The highest BCUT2D eigenvalue weighted by atomic mass is 16.6. The Bertz CT molecular complexity index is 894. The van der Waals surface area contributed by atoms with Gasteiger partial charge in [0.05, 0.1) is 25.5 Å². The van der Waals surface area contributed by atoms with Gasteiger partial charge in [0.1, 0.15) is 11.8 Å². The van der Waals surface area contributed by atoms with Crippen molar-refractivity contribution in [1.82, 2.24) is 15.0 Å². The number of carbonyl (C=O) groups is 1. The van der Waals surface area contributed by atoms with Gasteiger partial charge in [-0.1, -0.05) is 10.4 Å². The highest BCUT2D eigenvalue weighted by molar-refractivity contribution is 5.89. The van der Waals surface area contributed by atoms with Gasteiger partial charge in [-0.2, -0.15) is 0 Å². The number of rotatable bonds is 5. The highest BCUT2D eigenvalue weighted by Crippen LogP contribution is 2.49. The van der Waals surface area contributed by atoms with Crippen molar-refractivity contribution in [2.75, 3.05) is 11.4 Å². The first-order chi connectivity index (χ1) is 12.6. The van der Waals surface area contributed by atoms with Crippen LogP contribution in [0.5, 0.6) is 0 Å². The van der Waals surface area contributed by atoms with E-state index in [1.807, 2.05) is 24.3 Å². The van der Waals surface area contributed by atoms with Gasteiger partial charge in [0.2, 0.25) is 0 Å². The average Bonchev–Trinajstić information content (AvgIpc) is 3.20. The van der Waals surface area contributed by atoms with Crippen LogP contribution < -0.4 is 4.90 Å². The van der Waals surface area contributed by atoms with Crippen LogP contribution in [0.25, 0.3) is 4.85 Å². The Balaban J connectivity index is 1.43. The summed E-state index contributed by atoms with van der Waals surface area (Å²) in [7, 11) is 0. The molecule has 1 saturated heterocycles. The smallest absolute Gasteiger partial charge is 0.414 e. The number of carbonyl (C=O) groups excluding carboxylic acids is 1. The molecule has 1 aromatic carbocycles. The average molecular weight is 352 g/mol. The van der Waals surface area contributed by atoms with E-state index in [-0.39, 0.29) is 11.6 Å². The molecule has 132 valence electrons. The first-order valence-electron chi connectivity index (χ1n) is 8.18. The van der Waals surface area contributed by atoms with E-state index in [2.05, 4.69) is 20.3 Å². The summed E-state index contributed by atoms with van der Waals surface area (Å²) in [5.41, 5.74) is 1.81. The molecule has 2 aromatic rings. The molecule has 1 aliphatic carbocycles. The van der Waals surface area contributed by atoms with Crippen molar-refractivity contribution < 1.29 is 14.7 Å². The second-order valence-electron chi connectivity index (χ2n) is 6.42. The molecule has 1 aliphatic heterocycles. The lowest BCUT2D eigenvalue weighted by molar-refractivity contribution is 0.129. The molecule has 2 heterocycles. The van der Waals surface area contributed by atoms with Crippen molar-refractivity contribution in [3.05, 3.63) is 53.1 Å². The van der Waals surface area contributed by atoms with E-state index in [1.54, 1.807) is 11.1 Å². The number of hydrogen-bond acceptors (Lipinski definition) is 6. The van der Waals surface area contributed by atoms with Crippen LogP contribution in [0.3, 0.4) is 0 Å². The van der Waals surface area contributed by atoms with E-state index in [0.717, 1.165) is 24.1 Å². The molecular weight excluding hydrogens is 336 g/mol. The standard InChI is InChI=1S/C17H16N6O3/c1-18-17(6-7-17)12-2-4-14(5-3-12)23-11-15(26-16(23)24)10-22-9-13(8-19-25)20-21-22/h2-5,8-9,15,25H,6-7,10-11H2/t15-/m0/s1. The lowest BCUT2D eigenvalue weighted by atomic mass is 10.1. The number of cyclic esters (lactones) is 1. The normalized spacial score (nSPS) is 21.0. The highest BCUT2D eigenvalue weighted by Gasteiger charge is 2.52. The van der Waals surface area contributed by atoms with E-state index in [9.17, 15) is 4.79 Å². The molecule has 0 spiro atoms. The Morgan fingerprint density at radius 1 is 1.42 bits per heavy atom. The van der Waals surface area contributed by atoms with Crippen molar-refractivity contribution in [3.63, 3.8) is 0 Å². The fourth-order valence-corrected chi connectivity index (χ4v) is 3.09. The van der Waals surface area contributed by atoms with Crippen molar-refractivity contribution in [2.24, 2.45) is 5.16 Å². The summed E-state index contributed by atoms with van der Waals surface area (Å²) in [6.45, 7) is 8.08. The maximum Gasteiger partial charge on any atom is 0.414 e. The molecule has 1 amide bonds. The van der Waals surface area contributed by atoms with E-state index in [1.165, 1.54) is 10.9 Å². The number of benzene rings is 1. The largest absolute Gasteiger partial charge is 0.442 e. The molecule has 0 bridgehead atoms. The Hall–Kier alpha value is -3.41. The predicted octanol–water partition coefficient (Wildman–Crippen LogP) is 2.02. The minimum absolute atomic E-state index is 0.352. The van der Waals surface area contributed by atoms with Crippen molar-refractivity contribution >= 4 is 18.0 Å². The van der Waals surface area contributed by atoms with Gasteiger partial charge in [-0.3, -0.25) is 4.90 Å². The van der Waals surface area contributed by atoms with Gasteiger partial charge in [0.25, 0.3) is 5.54 Å². The quantitative estimate of drug-likeness (QED) is 0.384.